The third kappa shape index (κ3) is 3.94. The molecule has 0 heterocycles. The summed E-state index contributed by atoms with van der Waals surface area (Å²) in [5.74, 6) is -0.389. The van der Waals surface area contributed by atoms with Gasteiger partial charge in [-0.05, 0) is 12.0 Å². The highest BCUT2D eigenvalue weighted by atomic mass is 16.7. The number of oxime groups is 1. The highest BCUT2D eigenvalue weighted by Gasteiger charge is 2.03. The largest absolute Gasteiger partial charge is 0.331 e. The van der Waals surface area contributed by atoms with Crippen molar-refractivity contribution in [2.75, 3.05) is 0 Å². The number of hydrogen-bond donors (Lipinski definition) is 0. The molecule has 0 atom stereocenters. The topological polar surface area (TPSA) is 38.7 Å². The van der Waals surface area contributed by atoms with Crippen LogP contribution in [0.4, 0.5) is 0 Å². The van der Waals surface area contributed by atoms with Crippen LogP contribution < -0.4 is 0 Å². The first kappa shape index (κ1) is 11.4. The number of benzene rings is 1. The minimum Gasteiger partial charge on any atom is -0.318 e. The molecule has 0 spiro atoms. The van der Waals surface area contributed by atoms with Crippen LogP contribution in [0.1, 0.15) is 32.3 Å². The number of carbonyl (C=O) groups excluding carboxylic acids is 1. The zero-order valence-corrected chi connectivity index (χ0v) is 9.06. The van der Waals surface area contributed by atoms with E-state index in [1.165, 1.54) is 6.92 Å². The van der Waals surface area contributed by atoms with Crippen LogP contribution >= 0.6 is 0 Å². The maximum Gasteiger partial charge on any atom is 0.331 e. The number of nitrogens with zero attached hydrogens (tertiary/aromatic N) is 1. The molecule has 0 aliphatic heterocycles. The Balaban J connectivity index is 2.83. The summed E-state index contributed by atoms with van der Waals surface area (Å²) in [6.45, 7) is 3.41. The molecule has 0 radical (unpaired) electrons. The molecular formula is C12H15NO2. The van der Waals surface area contributed by atoms with Crippen LogP contribution in [0.25, 0.3) is 0 Å². The van der Waals surface area contributed by atoms with E-state index < -0.39 is 0 Å². The molecule has 0 saturated carbocycles. The van der Waals surface area contributed by atoms with Gasteiger partial charge in [0.25, 0.3) is 0 Å². The monoisotopic (exact) mass is 205 g/mol. The van der Waals surface area contributed by atoms with Gasteiger partial charge in [-0.15, -0.1) is 0 Å². The summed E-state index contributed by atoms with van der Waals surface area (Å²) in [5.41, 5.74) is 1.81. The summed E-state index contributed by atoms with van der Waals surface area (Å²) < 4.78 is 0. The van der Waals surface area contributed by atoms with E-state index >= 15 is 0 Å². The van der Waals surface area contributed by atoms with Gasteiger partial charge in [0.15, 0.2) is 0 Å². The Bertz CT molecular complexity index is 344. The Morgan fingerprint density at radius 2 is 2.00 bits per heavy atom. The first-order valence-corrected chi connectivity index (χ1v) is 5.04. The second kappa shape index (κ2) is 5.96. The Hall–Kier alpha value is -1.64. The average Bonchev–Trinajstić information content (AvgIpc) is 2.25. The molecule has 0 aliphatic rings. The Kier molecular flexibility index (Phi) is 4.54. The van der Waals surface area contributed by atoms with E-state index in [1.807, 2.05) is 30.3 Å². The first-order chi connectivity index (χ1) is 7.24. The van der Waals surface area contributed by atoms with Gasteiger partial charge >= 0.3 is 5.97 Å². The number of rotatable bonds is 4. The smallest absolute Gasteiger partial charge is 0.318 e. The fraction of sp³-hybridized carbons (Fsp3) is 0.333. The van der Waals surface area contributed by atoms with Crippen LogP contribution in [-0.2, 0) is 9.63 Å². The van der Waals surface area contributed by atoms with Crippen molar-refractivity contribution in [3.8, 4) is 0 Å². The van der Waals surface area contributed by atoms with E-state index in [4.69, 9.17) is 0 Å². The lowest BCUT2D eigenvalue weighted by Crippen LogP contribution is -2.03. The minimum atomic E-state index is -0.389. The van der Waals surface area contributed by atoms with E-state index in [2.05, 4.69) is 16.9 Å². The molecule has 15 heavy (non-hydrogen) atoms. The van der Waals surface area contributed by atoms with Crippen molar-refractivity contribution in [3.05, 3.63) is 35.9 Å². The van der Waals surface area contributed by atoms with Gasteiger partial charge in [-0.2, -0.15) is 0 Å². The molecule has 3 nitrogen and oxygen atoms in total. The van der Waals surface area contributed by atoms with Crippen molar-refractivity contribution in [2.24, 2.45) is 5.16 Å². The summed E-state index contributed by atoms with van der Waals surface area (Å²) in [6.07, 6.45) is 1.77. The predicted molar refractivity (Wildman–Crippen MR) is 59.7 cm³/mol. The lowest BCUT2D eigenvalue weighted by molar-refractivity contribution is -0.140. The highest BCUT2D eigenvalue weighted by Crippen LogP contribution is 2.06. The molecule has 0 N–H and O–H groups in total. The SMILES string of the molecule is CCC/C(=N\OC(C)=O)c1ccccc1. The Labute approximate surface area is 89.7 Å². The van der Waals surface area contributed by atoms with Gasteiger partial charge in [0.2, 0.25) is 0 Å². The van der Waals surface area contributed by atoms with E-state index in [0.717, 1.165) is 24.1 Å². The molecule has 80 valence electrons. The average molecular weight is 205 g/mol. The van der Waals surface area contributed by atoms with Gasteiger partial charge in [0, 0.05) is 6.92 Å². The lowest BCUT2D eigenvalue weighted by Gasteiger charge is -2.03. The normalized spacial score (nSPS) is 11.2. The van der Waals surface area contributed by atoms with E-state index in [1.54, 1.807) is 0 Å². The third-order valence-electron chi connectivity index (χ3n) is 1.88. The van der Waals surface area contributed by atoms with Crippen LogP contribution in [0.5, 0.6) is 0 Å². The molecule has 0 aliphatic carbocycles. The van der Waals surface area contributed by atoms with Gasteiger partial charge in [-0.25, -0.2) is 4.79 Å². The maximum atomic E-state index is 10.7. The van der Waals surface area contributed by atoms with Crippen LogP contribution in [0, 0.1) is 0 Å². The fourth-order valence-corrected chi connectivity index (χ4v) is 1.23. The van der Waals surface area contributed by atoms with Gasteiger partial charge in [0.1, 0.15) is 0 Å². The second-order valence-electron chi connectivity index (χ2n) is 3.24. The van der Waals surface area contributed by atoms with Crippen LogP contribution in [-0.4, -0.2) is 11.7 Å². The van der Waals surface area contributed by atoms with Crippen LogP contribution in [0.15, 0.2) is 35.5 Å². The first-order valence-electron chi connectivity index (χ1n) is 5.04. The van der Waals surface area contributed by atoms with Gasteiger partial charge in [-0.1, -0.05) is 48.8 Å². The molecule has 3 heteroatoms. The third-order valence-corrected chi connectivity index (χ3v) is 1.88. The Morgan fingerprint density at radius 3 is 2.53 bits per heavy atom. The standard InChI is InChI=1S/C12H15NO2/c1-3-7-12(13-15-10(2)14)11-8-5-4-6-9-11/h4-6,8-9H,3,7H2,1-2H3/b13-12+. The van der Waals surface area contributed by atoms with E-state index in [9.17, 15) is 4.79 Å². The minimum absolute atomic E-state index is 0.389. The number of carbonyl (C=O) groups is 1. The molecule has 0 fully saturated rings. The molecule has 0 aromatic heterocycles. The molecule has 0 unspecified atom stereocenters. The van der Waals surface area contributed by atoms with Crippen molar-refractivity contribution in [1.29, 1.82) is 0 Å². The molecule has 1 aromatic carbocycles. The quantitative estimate of drug-likeness (QED) is 0.430. The molecule has 0 bridgehead atoms. The highest BCUT2D eigenvalue weighted by molar-refractivity contribution is 6.00. The molecule has 1 rings (SSSR count). The zero-order chi connectivity index (χ0) is 11.1. The zero-order valence-electron chi connectivity index (χ0n) is 9.06. The lowest BCUT2D eigenvalue weighted by atomic mass is 10.1. The second-order valence-corrected chi connectivity index (χ2v) is 3.24. The summed E-state index contributed by atoms with van der Waals surface area (Å²) in [6, 6.07) is 9.73. The molecule has 1 aromatic rings. The van der Waals surface area contributed by atoms with Crippen LogP contribution in [0.3, 0.4) is 0 Å². The predicted octanol–water partition coefficient (Wildman–Crippen LogP) is 2.75. The van der Waals surface area contributed by atoms with Crippen molar-refractivity contribution in [3.63, 3.8) is 0 Å². The Morgan fingerprint density at radius 1 is 1.33 bits per heavy atom. The van der Waals surface area contributed by atoms with Gasteiger partial charge in [0.05, 0.1) is 5.71 Å². The van der Waals surface area contributed by atoms with Gasteiger partial charge in [-0.3, -0.25) is 0 Å². The van der Waals surface area contributed by atoms with Crippen LogP contribution in [0.2, 0.25) is 0 Å². The number of hydrogen-bond acceptors (Lipinski definition) is 3. The van der Waals surface area contributed by atoms with Crippen molar-refractivity contribution >= 4 is 11.7 Å². The maximum absolute atomic E-state index is 10.7. The van der Waals surface area contributed by atoms with E-state index in [-0.39, 0.29) is 5.97 Å². The summed E-state index contributed by atoms with van der Waals surface area (Å²) >= 11 is 0. The fourth-order valence-electron chi connectivity index (χ4n) is 1.23. The van der Waals surface area contributed by atoms with Crippen molar-refractivity contribution in [1.82, 2.24) is 0 Å². The molecule has 0 amide bonds. The summed E-state index contributed by atoms with van der Waals surface area (Å²) in [4.78, 5) is 15.3. The van der Waals surface area contributed by atoms with E-state index in [0.29, 0.717) is 0 Å². The molecule has 0 saturated heterocycles. The summed E-state index contributed by atoms with van der Waals surface area (Å²) in [7, 11) is 0. The van der Waals surface area contributed by atoms with Gasteiger partial charge < -0.3 is 4.84 Å². The van der Waals surface area contributed by atoms with Crippen molar-refractivity contribution < 1.29 is 9.63 Å². The van der Waals surface area contributed by atoms with Crippen molar-refractivity contribution in [2.45, 2.75) is 26.7 Å². The summed E-state index contributed by atoms with van der Waals surface area (Å²) in [5, 5.41) is 3.85. The molecular weight excluding hydrogens is 190 g/mol.